The largest absolute Gasteiger partial charge is 0.508 e. The number of hydrogen-bond donors (Lipinski definition) is 3. The fraction of sp³-hybridized carbons (Fsp3) is 0.606. The number of carboxylic acid groups (broad SMARTS) is 1. The quantitative estimate of drug-likeness (QED) is 0.155. The summed E-state index contributed by atoms with van der Waals surface area (Å²) in [6, 6.07) is 14.1. The summed E-state index contributed by atoms with van der Waals surface area (Å²) in [5.74, 6) is -0.827. The number of rotatable bonds is 20. The molecule has 206 valence electrons. The minimum absolute atomic E-state index is 0.189. The number of aliphatic carboxylic acids is 1. The minimum Gasteiger partial charge on any atom is -0.508 e. The van der Waals surface area contributed by atoms with Crippen molar-refractivity contribution in [1.82, 2.24) is 0 Å². The van der Waals surface area contributed by atoms with Crippen molar-refractivity contribution in [2.24, 2.45) is 5.92 Å². The van der Waals surface area contributed by atoms with E-state index in [-0.39, 0.29) is 11.5 Å². The fourth-order valence-electron chi connectivity index (χ4n) is 5.45. The number of carboxylic acids is 1. The second kappa shape index (κ2) is 17.1. The normalized spacial score (nSPS) is 12.5. The fourth-order valence-corrected chi connectivity index (χ4v) is 5.45. The van der Waals surface area contributed by atoms with E-state index in [1.807, 2.05) is 24.3 Å². The average molecular weight is 511 g/mol. The SMILES string of the molecule is CCCCCCCCCCCCCCCCC(CC(C)(c1ccc(O)cc1)c1ccc(O)cc1)C(=O)O. The Bertz CT molecular complexity index is 827. The molecular weight excluding hydrogens is 460 g/mol. The van der Waals surface area contributed by atoms with Gasteiger partial charge in [0, 0.05) is 5.41 Å². The predicted molar refractivity (Wildman–Crippen MR) is 153 cm³/mol. The van der Waals surface area contributed by atoms with E-state index in [1.165, 1.54) is 77.0 Å². The van der Waals surface area contributed by atoms with Crippen molar-refractivity contribution in [2.75, 3.05) is 0 Å². The summed E-state index contributed by atoms with van der Waals surface area (Å²) in [6.45, 7) is 4.33. The third-order valence-electron chi connectivity index (χ3n) is 7.92. The highest BCUT2D eigenvalue weighted by Gasteiger charge is 2.34. The van der Waals surface area contributed by atoms with Crippen LogP contribution in [-0.2, 0) is 10.2 Å². The van der Waals surface area contributed by atoms with Crippen LogP contribution in [0.2, 0.25) is 0 Å². The lowest BCUT2D eigenvalue weighted by atomic mass is 9.69. The van der Waals surface area contributed by atoms with Crippen LogP contribution in [0.3, 0.4) is 0 Å². The third-order valence-corrected chi connectivity index (χ3v) is 7.92. The first-order chi connectivity index (χ1) is 17.9. The molecule has 0 heterocycles. The summed E-state index contributed by atoms with van der Waals surface area (Å²) in [7, 11) is 0. The Balaban J connectivity index is 1.78. The Morgan fingerprint density at radius 3 is 1.35 bits per heavy atom. The number of hydrogen-bond acceptors (Lipinski definition) is 3. The molecule has 3 N–H and O–H groups in total. The van der Waals surface area contributed by atoms with Crippen molar-refractivity contribution >= 4 is 5.97 Å². The maximum Gasteiger partial charge on any atom is 0.306 e. The number of phenols is 2. The van der Waals surface area contributed by atoms with E-state index in [9.17, 15) is 20.1 Å². The monoisotopic (exact) mass is 510 g/mol. The Kier molecular flexibility index (Phi) is 14.2. The number of benzene rings is 2. The first kappa shape index (κ1) is 30.7. The van der Waals surface area contributed by atoms with E-state index in [2.05, 4.69) is 13.8 Å². The lowest BCUT2D eigenvalue weighted by molar-refractivity contribution is -0.142. The number of aromatic hydroxyl groups is 2. The minimum atomic E-state index is -0.751. The van der Waals surface area contributed by atoms with Crippen molar-refractivity contribution in [3.63, 3.8) is 0 Å². The molecule has 0 aliphatic carbocycles. The van der Waals surface area contributed by atoms with Crippen LogP contribution < -0.4 is 0 Å². The molecule has 0 saturated carbocycles. The molecule has 37 heavy (non-hydrogen) atoms. The molecule has 0 bridgehead atoms. The lowest BCUT2D eigenvalue weighted by Gasteiger charge is -2.34. The topological polar surface area (TPSA) is 77.8 Å². The van der Waals surface area contributed by atoms with Crippen molar-refractivity contribution in [1.29, 1.82) is 0 Å². The molecular formula is C33H50O4. The van der Waals surface area contributed by atoms with Gasteiger partial charge in [0.05, 0.1) is 5.92 Å². The first-order valence-electron chi connectivity index (χ1n) is 14.7. The van der Waals surface area contributed by atoms with E-state index < -0.39 is 17.3 Å². The molecule has 1 atom stereocenters. The Labute approximate surface area is 225 Å². The van der Waals surface area contributed by atoms with Crippen LogP contribution >= 0.6 is 0 Å². The molecule has 2 rings (SSSR count). The number of carbonyl (C=O) groups is 1. The molecule has 0 aliphatic rings. The van der Waals surface area contributed by atoms with Crippen LogP contribution in [-0.4, -0.2) is 21.3 Å². The Morgan fingerprint density at radius 1 is 0.649 bits per heavy atom. The second-order valence-electron chi connectivity index (χ2n) is 11.1. The van der Waals surface area contributed by atoms with E-state index in [1.54, 1.807) is 24.3 Å². The standard InChI is InChI=1S/C33H50O4/c1-3-4-5-6-7-8-9-10-11-12-13-14-15-16-17-27(32(36)37)26-33(2,28-18-22-30(34)23-19-28)29-20-24-31(35)25-21-29/h18-25,27,34-35H,3-17,26H2,1-2H3,(H,36,37). The zero-order valence-corrected chi connectivity index (χ0v) is 23.3. The van der Waals surface area contributed by atoms with Gasteiger partial charge in [-0.05, 0) is 48.2 Å². The van der Waals surface area contributed by atoms with Gasteiger partial charge in [0.2, 0.25) is 0 Å². The van der Waals surface area contributed by atoms with E-state index in [4.69, 9.17) is 0 Å². The van der Waals surface area contributed by atoms with Gasteiger partial charge in [-0.25, -0.2) is 0 Å². The van der Waals surface area contributed by atoms with Gasteiger partial charge in [-0.1, -0.05) is 128 Å². The lowest BCUT2D eigenvalue weighted by Crippen LogP contribution is -2.30. The first-order valence-corrected chi connectivity index (χ1v) is 14.7. The molecule has 4 nitrogen and oxygen atoms in total. The second-order valence-corrected chi connectivity index (χ2v) is 11.1. The van der Waals surface area contributed by atoms with Gasteiger partial charge < -0.3 is 15.3 Å². The maximum absolute atomic E-state index is 12.2. The van der Waals surface area contributed by atoms with Crippen molar-refractivity contribution in [2.45, 2.75) is 122 Å². The maximum atomic E-state index is 12.2. The van der Waals surface area contributed by atoms with Crippen LogP contribution in [0.25, 0.3) is 0 Å². The highest BCUT2D eigenvalue weighted by atomic mass is 16.4. The smallest absolute Gasteiger partial charge is 0.306 e. The molecule has 4 heteroatoms. The summed E-state index contributed by atoms with van der Waals surface area (Å²) in [5, 5.41) is 29.6. The van der Waals surface area contributed by atoms with E-state index in [0.29, 0.717) is 12.8 Å². The summed E-state index contributed by atoms with van der Waals surface area (Å²) < 4.78 is 0. The van der Waals surface area contributed by atoms with Crippen LogP contribution in [0.15, 0.2) is 48.5 Å². The van der Waals surface area contributed by atoms with Crippen LogP contribution in [0.5, 0.6) is 11.5 Å². The molecule has 0 spiro atoms. The van der Waals surface area contributed by atoms with Gasteiger partial charge in [-0.2, -0.15) is 0 Å². The predicted octanol–water partition coefficient (Wildman–Crippen LogP) is 9.37. The summed E-state index contributed by atoms with van der Waals surface area (Å²) in [6.07, 6.45) is 19.2. The molecule has 0 saturated heterocycles. The van der Waals surface area contributed by atoms with Crippen LogP contribution in [0, 0.1) is 5.92 Å². The summed E-state index contributed by atoms with van der Waals surface area (Å²) in [5.41, 5.74) is 1.38. The molecule has 2 aromatic rings. The number of unbranched alkanes of at least 4 members (excludes halogenated alkanes) is 13. The van der Waals surface area contributed by atoms with Gasteiger partial charge >= 0.3 is 5.97 Å². The van der Waals surface area contributed by atoms with Gasteiger partial charge in [-0.15, -0.1) is 0 Å². The van der Waals surface area contributed by atoms with Crippen molar-refractivity contribution in [3.8, 4) is 11.5 Å². The Hall–Kier alpha value is -2.49. The average Bonchev–Trinajstić information content (AvgIpc) is 2.88. The van der Waals surface area contributed by atoms with Gasteiger partial charge in [0.25, 0.3) is 0 Å². The summed E-state index contributed by atoms with van der Waals surface area (Å²) in [4.78, 5) is 12.2. The molecule has 1 unspecified atom stereocenters. The zero-order chi connectivity index (χ0) is 26.9. The molecule has 0 aromatic heterocycles. The molecule has 0 fully saturated rings. The van der Waals surface area contributed by atoms with E-state index >= 15 is 0 Å². The van der Waals surface area contributed by atoms with Crippen molar-refractivity contribution < 1.29 is 20.1 Å². The Morgan fingerprint density at radius 2 is 1.00 bits per heavy atom. The molecule has 2 aromatic carbocycles. The van der Waals surface area contributed by atoms with Gasteiger partial charge in [0.15, 0.2) is 0 Å². The van der Waals surface area contributed by atoms with Crippen LogP contribution in [0.1, 0.15) is 128 Å². The molecule has 0 aliphatic heterocycles. The molecule has 0 radical (unpaired) electrons. The molecule has 0 amide bonds. The summed E-state index contributed by atoms with van der Waals surface area (Å²) >= 11 is 0. The van der Waals surface area contributed by atoms with Crippen molar-refractivity contribution in [3.05, 3.63) is 59.7 Å². The number of phenolic OH excluding ortho intramolecular Hbond substituents is 2. The highest BCUT2D eigenvalue weighted by molar-refractivity contribution is 5.70. The zero-order valence-electron chi connectivity index (χ0n) is 23.3. The third kappa shape index (κ3) is 11.2. The van der Waals surface area contributed by atoms with Gasteiger partial charge in [-0.3, -0.25) is 4.79 Å². The highest BCUT2D eigenvalue weighted by Crippen LogP contribution is 2.40. The van der Waals surface area contributed by atoms with E-state index in [0.717, 1.165) is 24.0 Å². The van der Waals surface area contributed by atoms with Crippen LogP contribution in [0.4, 0.5) is 0 Å². The van der Waals surface area contributed by atoms with Gasteiger partial charge in [0.1, 0.15) is 11.5 Å².